The molecule has 1 saturated carbocycles. The number of nitrogens with zero attached hydrogens (tertiary/aromatic N) is 3. The highest BCUT2D eigenvalue weighted by Gasteiger charge is 2.50. The Hall–Kier alpha value is -2.32. The van der Waals surface area contributed by atoms with Crippen LogP contribution in [-0.4, -0.2) is 51.9 Å². The molecule has 1 N–H and O–H groups in total. The van der Waals surface area contributed by atoms with Gasteiger partial charge < -0.3 is 4.90 Å². The summed E-state index contributed by atoms with van der Waals surface area (Å²) >= 11 is 1.68. The van der Waals surface area contributed by atoms with Gasteiger partial charge >= 0.3 is 17.8 Å². The van der Waals surface area contributed by atoms with Crippen molar-refractivity contribution in [3.63, 3.8) is 0 Å². The van der Waals surface area contributed by atoms with E-state index in [0.29, 0.717) is 0 Å². The number of thiazole rings is 1. The molecule has 3 aliphatic rings. The smallest absolute Gasteiger partial charge is 0.309 e. The third-order valence-electron chi connectivity index (χ3n) is 6.23. The number of benzene rings is 1. The molecule has 3 heterocycles. The van der Waals surface area contributed by atoms with Crippen LogP contribution >= 0.6 is 11.3 Å². The first-order valence-corrected chi connectivity index (χ1v) is 10.8. The number of rotatable bonds is 4. The van der Waals surface area contributed by atoms with Crippen LogP contribution in [0.15, 0.2) is 24.3 Å². The predicted molar refractivity (Wildman–Crippen MR) is 104 cm³/mol. The number of carbonyl (C=O) groups excluding carboxylic acids is 3. The van der Waals surface area contributed by atoms with Gasteiger partial charge in [0.15, 0.2) is 11.7 Å². The maximum atomic E-state index is 12.9. The summed E-state index contributed by atoms with van der Waals surface area (Å²) in [7, 11) is 0. The molecule has 0 radical (unpaired) electrons. The van der Waals surface area contributed by atoms with E-state index in [0.717, 1.165) is 65.2 Å². The molecule has 2 saturated heterocycles. The Morgan fingerprint density at radius 3 is 2.61 bits per heavy atom. The third kappa shape index (κ3) is 2.82. The minimum atomic E-state index is -0.667. The number of likely N-dealkylation sites (tertiary alicyclic amines) is 1. The van der Waals surface area contributed by atoms with E-state index in [1.165, 1.54) is 9.80 Å². The molecule has 28 heavy (non-hydrogen) atoms. The first-order chi connectivity index (χ1) is 13.6. The molecule has 8 heteroatoms. The number of imide groups is 2. The van der Waals surface area contributed by atoms with Crippen molar-refractivity contribution in [3.05, 3.63) is 29.3 Å². The van der Waals surface area contributed by atoms with E-state index in [9.17, 15) is 14.4 Å². The number of carbonyl (C=O) groups is 3. The van der Waals surface area contributed by atoms with Gasteiger partial charge in [-0.05, 0) is 25.0 Å². The number of urea groups is 1. The molecular formula is C20H23N4O3S+. The minimum Gasteiger partial charge on any atom is -0.309 e. The number of amides is 4. The molecular weight excluding hydrogens is 376 g/mol. The number of aromatic nitrogens is 1. The lowest BCUT2D eigenvalue weighted by atomic mass is 10.2. The lowest BCUT2D eigenvalue weighted by molar-refractivity contribution is -0.925. The molecule has 1 aromatic carbocycles. The van der Waals surface area contributed by atoms with Crippen LogP contribution in [0.5, 0.6) is 0 Å². The Morgan fingerprint density at radius 2 is 1.82 bits per heavy atom. The van der Waals surface area contributed by atoms with Crippen LogP contribution in [-0.2, 0) is 9.59 Å². The number of quaternary nitrogens is 1. The highest BCUT2D eigenvalue weighted by atomic mass is 32.1. The summed E-state index contributed by atoms with van der Waals surface area (Å²) in [6, 6.07) is 7.69. The van der Waals surface area contributed by atoms with E-state index in [4.69, 9.17) is 4.98 Å². The second-order valence-electron chi connectivity index (χ2n) is 7.91. The van der Waals surface area contributed by atoms with Crippen molar-refractivity contribution in [2.75, 3.05) is 13.2 Å². The van der Waals surface area contributed by atoms with E-state index in [1.807, 2.05) is 18.2 Å². The first-order valence-electron chi connectivity index (χ1n) is 10.0. The van der Waals surface area contributed by atoms with Crippen molar-refractivity contribution in [3.8, 4) is 0 Å². The molecule has 0 spiro atoms. The van der Waals surface area contributed by atoms with Crippen molar-refractivity contribution < 1.29 is 19.3 Å². The standard InChI is InChI=1S/C20H22N4O3S/c25-18-19(26)24(13-6-1-2-7-13)20(27)23(18)12-22-11-5-9-15(22)17-21-14-8-3-4-10-16(14)28-17/h3-4,8,10,13,15H,1-2,5-7,9,11-12H2/p+1/t15-/m0/s1. The average Bonchev–Trinajstić information content (AvgIpc) is 3.46. The first kappa shape index (κ1) is 17.8. The number of hydrogen-bond acceptors (Lipinski definition) is 5. The molecule has 1 aromatic heterocycles. The van der Waals surface area contributed by atoms with Crippen LogP contribution < -0.4 is 4.90 Å². The van der Waals surface area contributed by atoms with Gasteiger partial charge in [-0.15, -0.1) is 11.3 Å². The predicted octanol–water partition coefficient (Wildman–Crippen LogP) is 1.71. The second kappa shape index (κ2) is 6.93. The summed E-state index contributed by atoms with van der Waals surface area (Å²) in [4.78, 5) is 46.2. The maximum Gasteiger partial charge on any atom is 0.338 e. The largest absolute Gasteiger partial charge is 0.338 e. The van der Waals surface area contributed by atoms with Gasteiger partial charge in [-0.2, -0.15) is 0 Å². The van der Waals surface area contributed by atoms with Crippen molar-refractivity contribution in [1.82, 2.24) is 14.8 Å². The van der Waals surface area contributed by atoms with Crippen LogP contribution in [0.25, 0.3) is 10.2 Å². The summed E-state index contributed by atoms with van der Waals surface area (Å²) in [5.74, 6) is -1.31. The normalized spacial score (nSPS) is 26.4. The van der Waals surface area contributed by atoms with Crippen LogP contribution in [0.4, 0.5) is 4.79 Å². The van der Waals surface area contributed by atoms with Crippen molar-refractivity contribution >= 4 is 39.4 Å². The summed E-state index contributed by atoms with van der Waals surface area (Å²) < 4.78 is 1.15. The van der Waals surface area contributed by atoms with E-state index in [-0.39, 0.29) is 18.8 Å². The summed E-state index contributed by atoms with van der Waals surface area (Å²) in [6.45, 7) is 1.11. The van der Waals surface area contributed by atoms with Crippen LogP contribution in [0.1, 0.15) is 49.6 Å². The fourth-order valence-electron chi connectivity index (χ4n) is 4.79. The van der Waals surface area contributed by atoms with Gasteiger partial charge in [-0.3, -0.25) is 14.5 Å². The molecule has 1 aliphatic carbocycles. The Labute approximate surface area is 166 Å². The van der Waals surface area contributed by atoms with Crippen LogP contribution in [0.3, 0.4) is 0 Å². The molecule has 2 aliphatic heterocycles. The number of fused-ring (bicyclic) bond motifs is 1. The van der Waals surface area contributed by atoms with Gasteiger partial charge in [0.1, 0.15) is 6.04 Å². The highest BCUT2D eigenvalue weighted by Crippen LogP contribution is 2.30. The molecule has 146 valence electrons. The SMILES string of the molecule is O=C1C(=O)N(C2CCCC2)C(=O)N1C[NH+]1CCC[C@H]1c1nc2ccccc2s1. The molecule has 2 atom stereocenters. The van der Waals surface area contributed by atoms with Gasteiger partial charge in [0.2, 0.25) is 0 Å². The Balaban J connectivity index is 1.36. The van der Waals surface area contributed by atoms with Gasteiger partial charge in [-0.25, -0.2) is 14.7 Å². The lowest BCUT2D eigenvalue weighted by Gasteiger charge is -2.25. The Bertz CT molecular complexity index is 919. The molecule has 5 rings (SSSR count). The van der Waals surface area contributed by atoms with Gasteiger partial charge in [0.05, 0.1) is 16.8 Å². The fraction of sp³-hybridized carbons (Fsp3) is 0.500. The number of nitrogens with one attached hydrogen (secondary N) is 1. The molecule has 0 bridgehead atoms. The molecule has 1 unspecified atom stereocenters. The molecule has 7 nitrogen and oxygen atoms in total. The molecule has 2 aromatic rings. The minimum absolute atomic E-state index is 0.109. The topological polar surface area (TPSA) is 75.0 Å². The highest BCUT2D eigenvalue weighted by molar-refractivity contribution is 7.18. The monoisotopic (exact) mass is 399 g/mol. The molecule has 4 amide bonds. The molecule has 3 fully saturated rings. The van der Waals surface area contributed by atoms with Crippen LogP contribution in [0, 0.1) is 0 Å². The van der Waals surface area contributed by atoms with Gasteiger partial charge in [0.25, 0.3) is 0 Å². The van der Waals surface area contributed by atoms with Gasteiger partial charge in [-0.1, -0.05) is 25.0 Å². The third-order valence-corrected chi connectivity index (χ3v) is 7.38. The van der Waals surface area contributed by atoms with E-state index >= 15 is 0 Å². The fourth-order valence-corrected chi connectivity index (χ4v) is 5.95. The maximum absolute atomic E-state index is 12.9. The quantitative estimate of drug-likeness (QED) is 0.627. The van der Waals surface area contributed by atoms with E-state index < -0.39 is 17.8 Å². The van der Waals surface area contributed by atoms with Crippen molar-refractivity contribution in [2.24, 2.45) is 0 Å². The zero-order valence-corrected chi connectivity index (χ0v) is 16.4. The zero-order chi connectivity index (χ0) is 19.3. The zero-order valence-electron chi connectivity index (χ0n) is 15.6. The van der Waals surface area contributed by atoms with Crippen molar-refractivity contribution in [2.45, 2.75) is 50.6 Å². The van der Waals surface area contributed by atoms with E-state index in [2.05, 4.69) is 6.07 Å². The second-order valence-corrected chi connectivity index (χ2v) is 8.97. The van der Waals surface area contributed by atoms with Crippen molar-refractivity contribution in [1.29, 1.82) is 0 Å². The average molecular weight is 399 g/mol. The Morgan fingerprint density at radius 1 is 1.04 bits per heavy atom. The number of para-hydroxylation sites is 1. The number of hydrogen-bond donors (Lipinski definition) is 1. The summed E-state index contributed by atoms with van der Waals surface area (Å²) in [5.41, 5.74) is 0.990. The van der Waals surface area contributed by atoms with Gasteiger partial charge in [0, 0.05) is 18.9 Å². The Kier molecular flexibility index (Phi) is 4.40. The summed E-state index contributed by atoms with van der Waals surface area (Å²) in [6.07, 6.45) is 5.63. The lowest BCUT2D eigenvalue weighted by Crippen LogP contribution is -3.12. The summed E-state index contributed by atoms with van der Waals surface area (Å²) in [5, 5.41) is 1.05. The van der Waals surface area contributed by atoms with E-state index in [1.54, 1.807) is 11.3 Å². The van der Waals surface area contributed by atoms with Crippen LogP contribution in [0.2, 0.25) is 0 Å².